The summed E-state index contributed by atoms with van der Waals surface area (Å²) >= 11 is 0. The summed E-state index contributed by atoms with van der Waals surface area (Å²) in [5, 5.41) is 9.68. The van der Waals surface area contributed by atoms with Gasteiger partial charge in [0.15, 0.2) is 0 Å². The normalized spacial score (nSPS) is 11.7. The van der Waals surface area contributed by atoms with Crippen molar-refractivity contribution in [3.8, 4) is 44.8 Å². The summed E-state index contributed by atoms with van der Waals surface area (Å²) in [5.41, 5.74) is 10.5. The lowest BCUT2D eigenvalue weighted by molar-refractivity contribution is 0.669. The fourth-order valence-corrected chi connectivity index (χ4v) is 7.53. The lowest BCUT2D eigenvalue weighted by atomic mass is 9.88. The molecule has 0 amide bonds. The molecule has 0 spiro atoms. The monoisotopic (exact) mass is 623 g/mol. The number of benzene rings is 8. The fourth-order valence-electron chi connectivity index (χ4n) is 7.53. The predicted molar refractivity (Wildman–Crippen MR) is 206 cm³/mol. The molecule has 0 N–H and O–H groups in total. The van der Waals surface area contributed by atoms with Crippen molar-refractivity contribution >= 4 is 54.3 Å². The van der Waals surface area contributed by atoms with Gasteiger partial charge in [-0.05, 0) is 91.0 Å². The van der Waals surface area contributed by atoms with Crippen LogP contribution < -0.4 is 0 Å². The van der Waals surface area contributed by atoms with Crippen LogP contribution in [0.15, 0.2) is 180 Å². The van der Waals surface area contributed by atoms with Gasteiger partial charge in [-0.15, -0.1) is 0 Å². The smallest absolute Gasteiger partial charge is 0.136 e. The van der Waals surface area contributed by atoms with Crippen molar-refractivity contribution < 1.29 is 4.42 Å². The molecular formula is C47H29NO. The number of rotatable bonds is 4. The maximum atomic E-state index is 6.35. The van der Waals surface area contributed by atoms with Gasteiger partial charge in [0.2, 0.25) is 0 Å². The number of aromatic nitrogens is 1. The zero-order valence-corrected chi connectivity index (χ0v) is 26.6. The van der Waals surface area contributed by atoms with Gasteiger partial charge >= 0.3 is 0 Å². The first-order valence-electron chi connectivity index (χ1n) is 16.7. The van der Waals surface area contributed by atoms with E-state index in [9.17, 15) is 0 Å². The van der Waals surface area contributed by atoms with E-state index in [-0.39, 0.29) is 0 Å². The van der Waals surface area contributed by atoms with Crippen LogP contribution in [0.25, 0.3) is 99.0 Å². The first kappa shape index (κ1) is 27.6. The summed E-state index contributed by atoms with van der Waals surface area (Å²) in [5.74, 6) is 0. The van der Waals surface area contributed by atoms with Crippen molar-refractivity contribution in [1.82, 2.24) is 4.98 Å². The Morgan fingerprint density at radius 1 is 0.306 bits per heavy atom. The molecule has 2 aromatic heterocycles. The van der Waals surface area contributed by atoms with Gasteiger partial charge in [0.25, 0.3) is 0 Å². The van der Waals surface area contributed by atoms with Gasteiger partial charge in [0.1, 0.15) is 11.2 Å². The quantitative estimate of drug-likeness (QED) is 0.182. The second-order valence-electron chi connectivity index (χ2n) is 12.7. The van der Waals surface area contributed by atoms with Crippen LogP contribution in [0.3, 0.4) is 0 Å². The molecule has 0 unspecified atom stereocenters. The third-order valence-electron chi connectivity index (χ3n) is 9.85. The van der Waals surface area contributed by atoms with Gasteiger partial charge in [-0.25, -0.2) is 4.98 Å². The van der Waals surface area contributed by atoms with Crippen LogP contribution in [-0.4, -0.2) is 4.98 Å². The number of hydrogen-bond acceptors (Lipinski definition) is 2. The number of furan rings is 1. The molecular weight excluding hydrogens is 595 g/mol. The number of nitrogens with zero attached hydrogens (tertiary/aromatic N) is 1. The number of hydrogen-bond donors (Lipinski definition) is 0. The molecule has 0 fully saturated rings. The zero-order valence-electron chi connectivity index (χ0n) is 26.6. The standard InChI is InChI=1S/C47H29NO/c1-3-12-30(13-4-1)34-27-43(31-14-5-2-6-15-31)48-44(28-34)33-23-24-38-36-16-7-8-17-37(36)41-20-11-19-35(47(41)42(38)26-33)32-22-25-40-39-18-9-10-21-45(39)49-46(40)29-32/h1-29H. The molecule has 49 heavy (non-hydrogen) atoms. The fraction of sp³-hybridized carbons (Fsp3) is 0. The Kier molecular flexibility index (Phi) is 6.22. The molecule has 0 radical (unpaired) electrons. The highest BCUT2D eigenvalue weighted by molar-refractivity contribution is 6.29. The van der Waals surface area contributed by atoms with Crippen LogP contribution in [0.1, 0.15) is 0 Å². The Hall–Kier alpha value is -6.51. The third kappa shape index (κ3) is 4.53. The molecule has 2 nitrogen and oxygen atoms in total. The summed E-state index contributed by atoms with van der Waals surface area (Å²) in [6.45, 7) is 0. The van der Waals surface area contributed by atoms with Gasteiger partial charge in [-0.3, -0.25) is 0 Å². The van der Waals surface area contributed by atoms with Gasteiger partial charge < -0.3 is 4.42 Å². The minimum Gasteiger partial charge on any atom is -0.456 e. The zero-order chi connectivity index (χ0) is 32.3. The van der Waals surface area contributed by atoms with Crippen molar-refractivity contribution in [2.24, 2.45) is 0 Å². The average molecular weight is 624 g/mol. The van der Waals surface area contributed by atoms with E-state index < -0.39 is 0 Å². The lowest BCUT2D eigenvalue weighted by Crippen LogP contribution is -1.92. The SMILES string of the molecule is c1ccc(-c2cc(-c3ccccc3)nc(-c3ccc4c5ccccc5c5cccc(-c6ccc7c(c6)oc6ccccc67)c5c4c3)c2)cc1. The maximum Gasteiger partial charge on any atom is 0.136 e. The van der Waals surface area contributed by atoms with Crippen LogP contribution in [-0.2, 0) is 0 Å². The first-order valence-corrected chi connectivity index (χ1v) is 16.7. The highest BCUT2D eigenvalue weighted by atomic mass is 16.3. The summed E-state index contributed by atoms with van der Waals surface area (Å²) in [4.78, 5) is 5.27. The molecule has 10 aromatic rings. The predicted octanol–water partition coefficient (Wildman–Crippen LogP) is 13.1. The Bertz CT molecular complexity index is 2810. The number of pyridine rings is 1. The molecule has 10 rings (SSSR count). The highest BCUT2D eigenvalue weighted by Crippen LogP contribution is 2.43. The molecule has 0 aliphatic carbocycles. The highest BCUT2D eigenvalue weighted by Gasteiger charge is 2.17. The van der Waals surface area contributed by atoms with E-state index in [0.29, 0.717) is 0 Å². The van der Waals surface area contributed by atoms with Crippen LogP contribution in [0.4, 0.5) is 0 Å². The van der Waals surface area contributed by atoms with Crippen LogP contribution in [0, 0.1) is 0 Å². The molecule has 8 aromatic carbocycles. The topological polar surface area (TPSA) is 26.0 Å². The van der Waals surface area contributed by atoms with Crippen LogP contribution in [0.5, 0.6) is 0 Å². The molecule has 0 saturated heterocycles. The Morgan fingerprint density at radius 3 is 1.67 bits per heavy atom. The second kappa shape index (κ2) is 11.0. The van der Waals surface area contributed by atoms with E-state index in [1.807, 2.05) is 18.2 Å². The summed E-state index contributed by atoms with van der Waals surface area (Å²) < 4.78 is 6.35. The Labute approximate surface area is 283 Å². The van der Waals surface area contributed by atoms with Crippen molar-refractivity contribution in [3.63, 3.8) is 0 Å². The average Bonchev–Trinajstić information content (AvgIpc) is 3.56. The largest absolute Gasteiger partial charge is 0.456 e. The number of fused-ring (bicyclic) bond motifs is 9. The van der Waals surface area contributed by atoms with Crippen LogP contribution >= 0.6 is 0 Å². The maximum absolute atomic E-state index is 6.35. The Balaban J connectivity index is 1.25. The molecule has 0 aliphatic rings. The minimum absolute atomic E-state index is 0.900. The van der Waals surface area contributed by atoms with E-state index >= 15 is 0 Å². The third-order valence-corrected chi connectivity index (χ3v) is 9.85. The van der Waals surface area contributed by atoms with E-state index in [0.717, 1.165) is 55.6 Å². The molecule has 0 aliphatic heterocycles. The minimum atomic E-state index is 0.900. The first-order chi connectivity index (χ1) is 24.3. The van der Waals surface area contributed by atoms with Crippen molar-refractivity contribution in [2.75, 3.05) is 0 Å². The molecule has 2 heterocycles. The van der Waals surface area contributed by atoms with Crippen molar-refractivity contribution in [3.05, 3.63) is 176 Å². The summed E-state index contributed by atoms with van der Waals surface area (Å²) in [6, 6.07) is 62.7. The van der Waals surface area contributed by atoms with Gasteiger partial charge in [-0.2, -0.15) is 0 Å². The van der Waals surface area contributed by atoms with Crippen LogP contribution in [0.2, 0.25) is 0 Å². The summed E-state index contributed by atoms with van der Waals surface area (Å²) in [6.07, 6.45) is 0. The van der Waals surface area contributed by atoms with Crippen molar-refractivity contribution in [2.45, 2.75) is 0 Å². The molecule has 0 saturated carbocycles. The lowest BCUT2D eigenvalue weighted by Gasteiger charge is -2.16. The van der Waals surface area contributed by atoms with E-state index in [2.05, 4.69) is 158 Å². The molecule has 0 atom stereocenters. The van der Waals surface area contributed by atoms with Crippen molar-refractivity contribution in [1.29, 1.82) is 0 Å². The van der Waals surface area contributed by atoms with Gasteiger partial charge in [0, 0.05) is 21.9 Å². The van der Waals surface area contributed by atoms with Gasteiger partial charge in [0.05, 0.1) is 11.4 Å². The summed E-state index contributed by atoms with van der Waals surface area (Å²) in [7, 11) is 0. The van der Waals surface area contributed by atoms with E-state index in [4.69, 9.17) is 9.40 Å². The van der Waals surface area contributed by atoms with Gasteiger partial charge in [-0.1, -0.05) is 140 Å². The molecule has 228 valence electrons. The van der Waals surface area contributed by atoms with E-state index in [1.165, 1.54) is 43.4 Å². The molecule has 0 bridgehead atoms. The Morgan fingerprint density at radius 2 is 0.878 bits per heavy atom. The number of para-hydroxylation sites is 1. The molecule has 2 heteroatoms. The van der Waals surface area contributed by atoms with E-state index in [1.54, 1.807) is 0 Å². The second-order valence-corrected chi connectivity index (χ2v) is 12.7.